The summed E-state index contributed by atoms with van der Waals surface area (Å²) in [6.07, 6.45) is 17.6. The second kappa shape index (κ2) is 5.34. The van der Waals surface area contributed by atoms with Gasteiger partial charge in [-0.1, -0.05) is 38.5 Å². The zero-order valence-electron chi connectivity index (χ0n) is 10.5. The van der Waals surface area contributed by atoms with Crippen molar-refractivity contribution in [3.63, 3.8) is 0 Å². The lowest BCUT2D eigenvalue weighted by atomic mass is 9.93. The smallest absolute Gasteiger partial charge is 0.00823 e. The molecule has 0 heterocycles. The average Bonchev–Trinajstić information content (AvgIpc) is 2.93. The van der Waals surface area contributed by atoms with Crippen LogP contribution < -0.4 is 0 Å². The molecule has 0 aromatic carbocycles. The molecule has 0 heteroatoms. The summed E-state index contributed by atoms with van der Waals surface area (Å²) < 4.78 is 0. The summed E-state index contributed by atoms with van der Waals surface area (Å²) in [4.78, 5) is 0. The molecule has 2 aliphatic rings. The summed E-state index contributed by atoms with van der Waals surface area (Å²) in [6, 6.07) is 0. The van der Waals surface area contributed by atoms with Gasteiger partial charge in [-0.2, -0.15) is 0 Å². The molecule has 1 radical (unpaired) electrons. The van der Waals surface area contributed by atoms with E-state index in [-0.39, 0.29) is 0 Å². The molecule has 85 valence electrons. The van der Waals surface area contributed by atoms with Crippen molar-refractivity contribution in [3.05, 3.63) is 46.6 Å². The lowest BCUT2D eigenvalue weighted by molar-refractivity contribution is 0.791. The van der Waals surface area contributed by atoms with Crippen molar-refractivity contribution < 1.29 is 0 Å². The lowest BCUT2D eigenvalue weighted by Crippen LogP contribution is -1.93. The quantitative estimate of drug-likeness (QED) is 0.609. The number of hydrogen-bond donors (Lipinski definition) is 0. The van der Waals surface area contributed by atoms with Crippen LogP contribution in [0.5, 0.6) is 0 Å². The van der Waals surface area contributed by atoms with Gasteiger partial charge in [0.25, 0.3) is 0 Å². The van der Waals surface area contributed by atoms with E-state index in [0.29, 0.717) is 0 Å². The molecule has 16 heavy (non-hydrogen) atoms. The molecule has 0 spiro atoms. The molecule has 0 aliphatic heterocycles. The maximum absolute atomic E-state index is 3.53. The molecule has 0 aromatic heterocycles. The van der Waals surface area contributed by atoms with E-state index < -0.39 is 0 Å². The molecule has 0 N–H and O–H groups in total. The highest BCUT2D eigenvalue weighted by molar-refractivity contribution is 5.55. The zero-order chi connectivity index (χ0) is 11.4. The van der Waals surface area contributed by atoms with Crippen molar-refractivity contribution in [3.8, 4) is 0 Å². The third-order valence-electron chi connectivity index (χ3n) is 3.46. The third kappa shape index (κ3) is 2.21. The Labute approximate surface area is 99.4 Å². The summed E-state index contributed by atoms with van der Waals surface area (Å²) in [5.74, 6) is 0. The van der Waals surface area contributed by atoms with Crippen LogP contribution in [-0.2, 0) is 0 Å². The molecule has 0 saturated carbocycles. The molecule has 0 fully saturated rings. The Morgan fingerprint density at radius 3 is 2.94 bits per heavy atom. The van der Waals surface area contributed by atoms with E-state index in [9.17, 15) is 0 Å². The summed E-state index contributed by atoms with van der Waals surface area (Å²) in [7, 11) is 0. The van der Waals surface area contributed by atoms with E-state index >= 15 is 0 Å². The Hall–Kier alpha value is -1.04. The summed E-state index contributed by atoms with van der Waals surface area (Å²) in [5, 5.41) is 0. The maximum Gasteiger partial charge on any atom is -0.00823 e. The van der Waals surface area contributed by atoms with Crippen LogP contribution in [0, 0.1) is 6.08 Å². The van der Waals surface area contributed by atoms with Crippen LogP contribution in [0.25, 0.3) is 0 Å². The van der Waals surface area contributed by atoms with Crippen LogP contribution in [0.2, 0.25) is 0 Å². The van der Waals surface area contributed by atoms with Crippen LogP contribution in [-0.4, -0.2) is 0 Å². The summed E-state index contributed by atoms with van der Waals surface area (Å²) >= 11 is 0. The Morgan fingerprint density at radius 2 is 2.19 bits per heavy atom. The van der Waals surface area contributed by atoms with E-state index in [1.165, 1.54) is 36.0 Å². The van der Waals surface area contributed by atoms with E-state index in [4.69, 9.17) is 0 Å². The SMILES string of the molecule is CCCCC1=[C]CC=C1C1=C(CC)C=CC1. The Bertz CT molecular complexity index is 375. The average molecular weight is 213 g/mol. The topological polar surface area (TPSA) is 0 Å². The fourth-order valence-corrected chi connectivity index (χ4v) is 2.54. The first kappa shape index (κ1) is 11.4. The molecule has 0 bridgehead atoms. The second-order valence-electron chi connectivity index (χ2n) is 4.54. The number of unbranched alkanes of at least 4 members (excludes halogenated alkanes) is 1. The van der Waals surface area contributed by atoms with Crippen LogP contribution in [0.1, 0.15) is 52.4 Å². The first-order valence-electron chi connectivity index (χ1n) is 6.56. The van der Waals surface area contributed by atoms with Gasteiger partial charge < -0.3 is 0 Å². The maximum atomic E-state index is 3.53. The summed E-state index contributed by atoms with van der Waals surface area (Å²) in [5.41, 5.74) is 6.09. The van der Waals surface area contributed by atoms with Gasteiger partial charge in [0.05, 0.1) is 0 Å². The molecule has 0 nitrogen and oxygen atoms in total. The molecule has 0 amide bonds. The van der Waals surface area contributed by atoms with Crippen LogP contribution in [0.3, 0.4) is 0 Å². The van der Waals surface area contributed by atoms with Crippen molar-refractivity contribution in [2.45, 2.75) is 52.4 Å². The molecule has 0 unspecified atom stereocenters. The van der Waals surface area contributed by atoms with Gasteiger partial charge in [-0.25, -0.2) is 0 Å². The van der Waals surface area contributed by atoms with Gasteiger partial charge in [-0.05, 0) is 60.5 Å². The van der Waals surface area contributed by atoms with Crippen molar-refractivity contribution in [1.29, 1.82) is 0 Å². The molecular formula is C16H21. The second-order valence-corrected chi connectivity index (χ2v) is 4.54. The van der Waals surface area contributed by atoms with Crippen molar-refractivity contribution in [2.75, 3.05) is 0 Å². The fourth-order valence-electron chi connectivity index (χ4n) is 2.54. The van der Waals surface area contributed by atoms with Gasteiger partial charge in [0.15, 0.2) is 0 Å². The first-order chi connectivity index (χ1) is 7.86. The normalized spacial score (nSPS) is 19.4. The molecular weight excluding hydrogens is 192 g/mol. The minimum Gasteiger partial charge on any atom is -0.0798 e. The largest absolute Gasteiger partial charge is 0.0798 e. The highest BCUT2D eigenvalue weighted by Crippen LogP contribution is 2.36. The van der Waals surface area contributed by atoms with Crippen LogP contribution in [0.15, 0.2) is 40.5 Å². The van der Waals surface area contributed by atoms with Crippen molar-refractivity contribution >= 4 is 0 Å². The first-order valence-corrected chi connectivity index (χ1v) is 6.56. The van der Waals surface area contributed by atoms with E-state index in [1.807, 2.05) is 0 Å². The van der Waals surface area contributed by atoms with Crippen molar-refractivity contribution in [1.82, 2.24) is 0 Å². The number of rotatable bonds is 5. The van der Waals surface area contributed by atoms with Crippen LogP contribution >= 0.6 is 0 Å². The highest BCUT2D eigenvalue weighted by Gasteiger charge is 2.18. The van der Waals surface area contributed by atoms with Gasteiger partial charge in [-0.15, -0.1) is 0 Å². The minimum atomic E-state index is 1.02. The Kier molecular flexibility index (Phi) is 3.82. The standard InChI is InChI=1S/C16H21/c1-3-5-8-14-10-7-12-16(14)15-11-6-9-13(15)4-2/h6,9,12H,3-5,7-8,11H2,1-2H3. The Morgan fingerprint density at radius 1 is 1.31 bits per heavy atom. The minimum absolute atomic E-state index is 1.02. The lowest BCUT2D eigenvalue weighted by Gasteiger charge is -2.12. The molecule has 0 atom stereocenters. The van der Waals surface area contributed by atoms with Gasteiger partial charge in [0.2, 0.25) is 0 Å². The van der Waals surface area contributed by atoms with E-state index in [1.54, 1.807) is 5.57 Å². The van der Waals surface area contributed by atoms with Gasteiger partial charge in [0.1, 0.15) is 0 Å². The van der Waals surface area contributed by atoms with Gasteiger partial charge in [-0.3, -0.25) is 0 Å². The summed E-state index contributed by atoms with van der Waals surface area (Å²) in [6.45, 7) is 4.51. The van der Waals surface area contributed by atoms with Gasteiger partial charge >= 0.3 is 0 Å². The number of allylic oxidation sites excluding steroid dienone is 8. The molecule has 2 aliphatic carbocycles. The monoisotopic (exact) mass is 213 g/mol. The number of hydrogen-bond acceptors (Lipinski definition) is 0. The van der Waals surface area contributed by atoms with Crippen molar-refractivity contribution in [2.24, 2.45) is 0 Å². The molecule has 0 saturated heterocycles. The molecule has 0 aromatic rings. The third-order valence-corrected chi connectivity index (χ3v) is 3.46. The highest BCUT2D eigenvalue weighted by atomic mass is 14.2. The predicted octanol–water partition coefficient (Wildman–Crippen LogP) is 4.90. The van der Waals surface area contributed by atoms with E-state index in [2.05, 4.69) is 38.2 Å². The zero-order valence-corrected chi connectivity index (χ0v) is 10.5. The van der Waals surface area contributed by atoms with Gasteiger partial charge in [0, 0.05) is 0 Å². The predicted molar refractivity (Wildman–Crippen MR) is 70.1 cm³/mol. The Balaban J connectivity index is 2.13. The molecule has 2 rings (SSSR count). The van der Waals surface area contributed by atoms with E-state index in [0.717, 1.165) is 19.3 Å². The fraction of sp³-hybridized carbons (Fsp3) is 0.500. The van der Waals surface area contributed by atoms with Crippen LogP contribution in [0.4, 0.5) is 0 Å².